The topological polar surface area (TPSA) is 52.5 Å². The second kappa shape index (κ2) is 5.99. The van der Waals surface area contributed by atoms with Crippen molar-refractivity contribution in [2.24, 2.45) is 0 Å². The lowest BCUT2D eigenvalue weighted by molar-refractivity contribution is 0.169. The van der Waals surface area contributed by atoms with Gasteiger partial charge in [0.1, 0.15) is 0 Å². The third-order valence-corrected chi connectivity index (χ3v) is 2.70. The molecule has 3 heteroatoms. The summed E-state index contributed by atoms with van der Waals surface area (Å²) >= 11 is 0. The van der Waals surface area contributed by atoms with E-state index in [2.05, 4.69) is 24.4 Å². The molecule has 3 N–H and O–H groups in total. The van der Waals surface area contributed by atoms with Crippen LogP contribution in [0.5, 0.6) is 0 Å². The lowest BCUT2D eigenvalue weighted by Gasteiger charge is -2.17. The van der Waals surface area contributed by atoms with Crippen molar-refractivity contribution in [3.63, 3.8) is 0 Å². The molecule has 0 heterocycles. The molecular weight excluding hydrogens is 202 g/mol. The van der Waals surface area contributed by atoms with Gasteiger partial charge in [0.25, 0.3) is 0 Å². The normalized spacial score (nSPS) is 12.8. The number of hydrogen-bond donors (Lipinski definition) is 3. The summed E-state index contributed by atoms with van der Waals surface area (Å²) in [4.78, 5) is 0. The van der Waals surface area contributed by atoms with Crippen molar-refractivity contribution in [3.8, 4) is 0 Å². The van der Waals surface area contributed by atoms with E-state index in [9.17, 15) is 5.11 Å². The summed E-state index contributed by atoms with van der Waals surface area (Å²) in [6.45, 7) is 7.18. The third-order valence-electron chi connectivity index (χ3n) is 2.70. The second-order valence-corrected chi connectivity index (χ2v) is 4.26. The van der Waals surface area contributed by atoms with Crippen molar-refractivity contribution in [1.82, 2.24) is 5.32 Å². The largest absolute Gasteiger partial charge is 0.395 e. The van der Waals surface area contributed by atoms with E-state index < -0.39 is 6.10 Å². The van der Waals surface area contributed by atoms with Crippen LogP contribution in [0.4, 0.5) is 0 Å². The minimum atomic E-state index is -0.507. The Balaban J connectivity index is 2.78. The zero-order valence-electron chi connectivity index (χ0n) is 10.2. The summed E-state index contributed by atoms with van der Waals surface area (Å²) in [5.74, 6) is 0. The van der Waals surface area contributed by atoms with E-state index in [1.54, 1.807) is 0 Å². The summed E-state index contributed by atoms with van der Waals surface area (Å²) < 4.78 is 0. The highest BCUT2D eigenvalue weighted by Gasteiger charge is 2.12. The molecular formula is C13H21NO2. The van der Waals surface area contributed by atoms with Gasteiger partial charge in [-0.05, 0) is 37.5 Å². The molecule has 0 bridgehead atoms. The first-order valence-corrected chi connectivity index (χ1v) is 5.63. The van der Waals surface area contributed by atoms with Crippen LogP contribution < -0.4 is 5.32 Å². The van der Waals surface area contributed by atoms with Gasteiger partial charge < -0.3 is 15.5 Å². The van der Waals surface area contributed by atoms with Crippen LogP contribution in [0, 0.1) is 20.8 Å². The van der Waals surface area contributed by atoms with Crippen molar-refractivity contribution in [2.75, 3.05) is 19.7 Å². The van der Waals surface area contributed by atoms with Crippen LogP contribution >= 0.6 is 0 Å². The van der Waals surface area contributed by atoms with E-state index in [4.69, 9.17) is 5.11 Å². The van der Waals surface area contributed by atoms with Gasteiger partial charge in [0.15, 0.2) is 0 Å². The van der Waals surface area contributed by atoms with Crippen LogP contribution in [-0.4, -0.2) is 29.9 Å². The quantitative estimate of drug-likeness (QED) is 0.658. The lowest BCUT2D eigenvalue weighted by atomic mass is 9.95. The molecule has 16 heavy (non-hydrogen) atoms. The monoisotopic (exact) mass is 223 g/mol. The number of aliphatic hydroxyl groups excluding tert-OH is 2. The smallest absolute Gasteiger partial charge is 0.0919 e. The van der Waals surface area contributed by atoms with E-state index >= 15 is 0 Å². The van der Waals surface area contributed by atoms with Crippen molar-refractivity contribution >= 4 is 0 Å². The lowest BCUT2D eigenvalue weighted by Crippen LogP contribution is -2.25. The Morgan fingerprint density at radius 3 is 2.25 bits per heavy atom. The number of rotatable bonds is 5. The predicted octanol–water partition coefficient (Wildman–Crippen LogP) is 1.23. The molecule has 1 aromatic carbocycles. The number of nitrogens with one attached hydrogen (secondary N) is 1. The highest BCUT2D eigenvalue weighted by molar-refractivity contribution is 5.39. The Labute approximate surface area is 97.1 Å². The summed E-state index contributed by atoms with van der Waals surface area (Å²) in [5.41, 5.74) is 4.46. The maximum atomic E-state index is 10.1. The molecule has 1 rings (SSSR count). The van der Waals surface area contributed by atoms with Gasteiger partial charge in [-0.2, -0.15) is 0 Å². The standard InChI is InChI=1S/C13H21NO2/c1-9-6-10(2)13(11(3)7-9)12(16)8-14-4-5-15/h6-7,12,14-16H,4-5,8H2,1-3H3. The van der Waals surface area contributed by atoms with Gasteiger partial charge in [-0.15, -0.1) is 0 Å². The summed E-state index contributed by atoms with van der Waals surface area (Å²) in [7, 11) is 0. The number of benzene rings is 1. The van der Waals surface area contributed by atoms with E-state index in [0.717, 1.165) is 16.7 Å². The van der Waals surface area contributed by atoms with E-state index in [0.29, 0.717) is 13.1 Å². The zero-order chi connectivity index (χ0) is 12.1. The van der Waals surface area contributed by atoms with Crippen molar-refractivity contribution in [1.29, 1.82) is 0 Å². The molecule has 0 spiro atoms. The molecule has 0 aromatic heterocycles. The molecule has 1 unspecified atom stereocenters. The number of aryl methyl sites for hydroxylation is 3. The fourth-order valence-electron chi connectivity index (χ4n) is 2.14. The molecule has 0 amide bonds. The van der Waals surface area contributed by atoms with Crippen LogP contribution in [0.1, 0.15) is 28.4 Å². The van der Waals surface area contributed by atoms with Gasteiger partial charge in [-0.3, -0.25) is 0 Å². The molecule has 0 aliphatic rings. The second-order valence-electron chi connectivity index (χ2n) is 4.26. The van der Waals surface area contributed by atoms with Crippen molar-refractivity contribution in [3.05, 3.63) is 34.4 Å². The van der Waals surface area contributed by atoms with Gasteiger partial charge in [0.2, 0.25) is 0 Å². The minimum absolute atomic E-state index is 0.0958. The first-order chi connectivity index (χ1) is 7.56. The van der Waals surface area contributed by atoms with Crippen molar-refractivity contribution in [2.45, 2.75) is 26.9 Å². The first-order valence-electron chi connectivity index (χ1n) is 5.63. The Hall–Kier alpha value is -0.900. The van der Waals surface area contributed by atoms with Crippen LogP contribution in [-0.2, 0) is 0 Å². The Morgan fingerprint density at radius 2 is 1.75 bits per heavy atom. The third kappa shape index (κ3) is 3.30. The molecule has 0 aliphatic heterocycles. The van der Waals surface area contributed by atoms with E-state index in [-0.39, 0.29) is 6.61 Å². The van der Waals surface area contributed by atoms with E-state index in [1.807, 2.05) is 13.8 Å². The Kier molecular flexibility index (Phi) is 4.93. The summed E-state index contributed by atoms with van der Waals surface area (Å²) in [6, 6.07) is 4.16. The maximum absolute atomic E-state index is 10.1. The Morgan fingerprint density at radius 1 is 1.19 bits per heavy atom. The maximum Gasteiger partial charge on any atom is 0.0919 e. The molecule has 0 fully saturated rings. The SMILES string of the molecule is Cc1cc(C)c(C(O)CNCCO)c(C)c1. The first kappa shape index (κ1) is 13.2. The molecule has 0 saturated heterocycles. The number of aliphatic hydroxyl groups is 2. The van der Waals surface area contributed by atoms with Gasteiger partial charge in [0, 0.05) is 13.1 Å². The highest BCUT2D eigenvalue weighted by Crippen LogP contribution is 2.22. The summed E-state index contributed by atoms with van der Waals surface area (Å²) in [5, 5.41) is 21.7. The predicted molar refractivity (Wildman–Crippen MR) is 65.6 cm³/mol. The van der Waals surface area contributed by atoms with Gasteiger partial charge in [0.05, 0.1) is 12.7 Å². The van der Waals surface area contributed by atoms with Gasteiger partial charge in [-0.25, -0.2) is 0 Å². The minimum Gasteiger partial charge on any atom is -0.395 e. The molecule has 0 saturated carbocycles. The average molecular weight is 223 g/mol. The van der Waals surface area contributed by atoms with Crippen LogP contribution in [0.15, 0.2) is 12.1 Å². The molecule has 0 radical (unpaired) electrons. The summed E-state index contributed by atoms with van der Waals surface area (Å²) in [6.07, 6.45) is -0.507. The Bertz CT molecular complexity index is 327. The van der Waals surface area contributed by atoms with E-state index in [1.165, 1.54) is 5.56 Å². The highest BCUT2D eigenvalue weighted by atomic mass is 16.3. The van der Waals surface area contributed by atoms with Crippen molar-refractivity contribution < 1.29 is 10.2 Å². The van der Waals surface area contributed by atoms with Crippen LogP contribution in [0.25, 0.3) is 0 Å². The fourth-order valence-corrected chi connectivity index (χ4v) is 2.14. The fraction of sp³-hybridized carbons (Fsp3) is 0.538. The van der Waals surface area contributed by atoms with Crippen LogP contribution in [0.3, 0.4) is 0 Å². The molecule has 0 aliphatic carbocycles. The molecule has 1 atom stereocenters. The average Bonchev–Trinajstić information content (AvgIpc) is 2.16. The van der Waals surface area contributed by atoms with Gasteiger partial charge >= 0.3 is 0 Å². The molecule has 90 valence electrons. The van der Waals surface area contributed by atoms with Crippen LogP contribution in [0.2, 0.25) is 0 Å². The van der Waals surface area contributed by atoms with Gasteiger partial charge in [-0.1, -0.05) is 17.7 Å². The zero-order valence-corrected chi connectivity index (χ0v) is 10.2. The number of hydrogen-bond acceptors (Lipinski definition) is 3. The molecule has 3 nitrogen and oxygen atoms in total. The molecule has 1 aromatic rings.